The summed E-state index contributed by atoms with van der Waals surface area (Å²) in [6.07, 6.45) is 44.1. The van der Waals surface area contributed by atoms with Crippen LogP contribution in [0.4, 0.5) is 0 Å². The first-order valence-electron chi connectivity index (χ1n) is 17.6. The second-order valence-electron chi connectivity index (χ2n) is 11.7. The van der Waals surface area contributed by atoms with Gasteiger partial charge in [0, 0.05) is 12.8 Å². The molecule has 0 spiro atoms. The Morgan fingerprint density at radius 2 is 1.02 bits per heavy atom. The second-order valence-corrected chi connectivity index (χ2v) is 11.7. The van der Waals surface area contributed by atoms with E-state index in [0.29, 0.717) is 6.42 Å². The molecule has 0 aliphatic rings. The highest BCUT2D eigenvalue weighted by molar-refractivity contribution is 5.69. The summed E-state index contributed by atoms with van der Waals surface area (Å²) >= 11 is 0. The maximum atomic E-state index is 12.6. The van der Waals surface area contributed by atoms with Crippen LogP contribution in [0.3, 0.4) is 0 Å². The van der Waals surface area contributed by atoms with Gasteiger partial charge in [0.1, 0.15) is 6.10 Å². The third kappa shape index (κ3) is 32.4. The van der Waals surface area contributed by atoms with E-state index in [-0.39, 0.29) is 18.5 Å². The molecule has 0 aromatic rings. The molecule has 0 aromatic heterocycles. The number of allylic oxidation sites excluding steroid dienone is 7. The first kappa shape index (κ1) is 39.9. The molecule has 4 heteroatoms. The Kier molecular flexibility index (Phi) is 31.7. The summed E-state index contributed by atoms with van der Waals surface area (Å²) in [7, 11) is 0. The molecule has 0 heterocycles. The number of hydrogen-bond acceptors (Lipinski definition) is 3. The molecule has 0 amide bonds. The van der Waals surface area contributed by atoms with Gasteiger partial charge < -0.3 is 9.84 Å². The Labute approximate surface area is 260 Å². The molecule has 4 nitrogen and oxygen atoms in total. The number of aliphatic carboxylic acids is 1. The summed E-state index contributed by atoms with van der Waals surface area (Å²) < 4.78 is 5.88. The first-order valence-corrected chi connectivity index (χ1v) is 17.6. The van der Waals surface area contributed by atoms with Gasteiger partial charge in [-0.25, -0.2) is 0 Å². The lowest BCUT2D eigenvalue weighted by molar-refractivity contribution is -0.147. The van der Waals surface area contributed by atoms with Gasteiger partial charge in [-0.3, -0.25) is 9.59 Å². The van der Waals surface area contributed by atoms with Gasteiger partial charge in [0.2, 0.25) is 0 Å². The van der Waals surface area contributed by atoms with Crippen molar-refractivity contribution in [1.82, 2.24) is 0 Å². The number of ether oxygens (including phenoxy) is 1. The largest absolute Gasteiger partial charge is 0.481 e. The van der Waals surface area contributed by atoms with E-state index in [4.69, 9.17) is 9.84 Å². The normalized spacial score (nSPS) is 12.8. The SMILES string of the molecule is CCCC/C=C\C/C=C\CCCCCCCC(=O)OC(/C=C\C/C=C\CCCCCC)CCCCCCCCC(=O)O. The lowest BCUT2D eigenvalue weighted by Gasteiger charge is -2.14. The zero-order valence-electron chi connectivity index (χ0n) is 27.5. The summed E-state index contributed by atoms with van der Waals surface area (Å²) in [6.45, 7) is 4.47. The van der Waals surface area contributed by atoms with Crippen molar-refractivity contribution in [3.8, 4) is 0 Å². The Morgan fingerprint density at radius 3 is 1.62 bits per heavy atom. The highest BCUT2D eigenvalue weighted by Crippen LogP contribution is 2.15. The van der Waals surface area contributed by atoms with Crippen LogP contribution in [0.1, 0.15) is 174 Å². The smallest absolute Gasteiger partial charge is 0.306 e. The third-order valence-corrected chi connectivity index (χ3v) is 7.51. The molecule has 0 rings (SSSR count). The number of unbranched alkanes of at least 4 members (excludes halogenated alkanes) is 16. The molecular formula is C38H66O4. The minimum atomic E-state index is -0.706. The van der Waals surface area contributed by atoms with Crippen molar-refractivity contribution in [2.45, 2.75) is 180 Å². The van der Waals surface area contributed by atoms with Gasteiger partial charge >= 0.3 is 11.9 Å². The number of carbonyl (C=O) groups is 2. The van der Waals surface area contributed by atoms with Crippen LogP contribution in [0, 0.1) is 0 Å². The van der Waals surface area contributed by atoms with Gasteiger partial charge in [-0.2, -0.15) is 0 Å². The zero-order chi connectivity index (χ0) is 30.8. The van der Waals surface area contributed by atoms with Crippen LogP contribution < -0.4 is 0 Å². The molecular weight excluding hydrogens is 520 g/mol. The van der Waals surface area contributed by atoms with Gasteiger partial charge in [-0.1, -0.05) is 133 Å². The summed E-state index contributed by atoms with van der Waals surface area (Å²) in [4.78, 5) is 23.2. The Balaban J connectivity index is 4.20. The average Bonchev–Trinajstić information content (AvgIpc) is 2.97. The van der Waals surface area contributed by atoms with Gasteiger partial charge in [0.05, 0.1) is 0 Å². The van der Waals surface area contributed by atoms with E-state index in [1.165, 1.54) is 64.2 Å². The predicted octanol–water partition coefficient (Wildman–Crippen LogP) is 12.0. The van der Waals surface area contributed by atoms with Gasteiger partial charge in [0.25, 0.3) is 0 Å². The minimum Gasteiger partial charge on any atom is -0.481 e. The predicted molar refractivity (Wildman–Crippen MR) is 181 cm³/mol. The summed E-state index contributed by atoms with van der Waals surface area (Å²) in [5.41, 5.74) is 0. The van der Waals surface area contributed by atoms with E-state index in [9.17, 15) is 9.59 Å². The molecule has 0 bridgehead atoms. The molecule has 0 saturated heterocycles. The molecule has 0 aromatic carbocycles. The van der Waals surface area contributed by atoms with Crippen molar-refractivity contribution in [2.75, 3.05) is 0 Å². The van der Waals surface area contributed by atoms with Crippen LogP contribution >= 0.6 is 0 Å². The molecule has 0 fully saturated rings. The van der Waals surface area contributed by atoms with Crippen molar-refractivity contribution < 1.29 is 19.4 Å². The standard InChI is InChI=1S/C38H66O4/c1-3-5-7-9-11-13-14-15-16-17-19-21-27-31-35-38(41)42-36(32-28-24-20-18-12-10-8-6-4-2)33-29-25-22-23-26-30-34-37(39)40/h9,11,14-15,18,20,28,32,36H,3-8,10,12-13,16-17,19,21-27,29-31,33-35H2,1-2H3,(H,39,40)/b11-9-,15-14-,20-18-,32-28-. The van der Waals surface area contributed by atoms with E-state index < -0.39 is 5.97 Å². The Morgan fingerprint density at radius 1 is 0.548 bits per heavy atom. The van der Waals surface area contributed by atoms with Crippen LogP contribution in [-0.2, 0) is 14.3 Å². The number of carboxylic acids is 1. The van der Waals surface area contributed by atoms with Crippen molar-refractivity contribution >= 4 is 11.9 Å². The summed E-state index contributed by atoms with van der Waals surface area (Å²) in [5.74, 6) is -0.776. The van der Waals surface area contributed by atoms with E-state index in [0.717, 1.165) is 83.5 Å². The average molecular weight is 587 g/mol. The minimum absolute atomic E-state index is 0.0697. The molecule has 1 atom stereocenters. The van der Waals surface area contributed by atoms with Gasteiger partial charge in [-0.05, 0) is 76.7 Å². The highest BCUT2D eigenvalue weighted by Gasteiger charge is 2.11. The number of hydrogen-bond donors (Lipinski definition) is 1. The van der Waals surface area contributed by atoms with E-state index in [2.05, 4.69) is 62.5 Å². The lowest BCUT2D eigenvalue weighted by atomic mass is 10.1. The third-order valence-electron chi connectivity index (χ3n) is 7.51. The molecule has 1 unspecified atom stereocenters. The van der Waals surface area contributed by atoms with Crippen molar-refractivity contribution in [2.24, 2.45) is 0 Å². The van der Waals surface area contributed by atoms with Gasteiger partial charge in [0.15, 0.2) is 0 Å². The molecule has 0 radical (unpaired) electrons. The zero-order valence-corrected chi connectivity index (χ0v) is 27.5. The Hall–Kier alpha value is -2.10. The molecule has 0 aliphatic heterocycles. The maximum Gasteiger partial charge on any atom is 0.306 e. The molecule has 1 N–H and O–H groups in total. The fourth-order valence-corrected chi connectivity index (χ4v) is 4.85. The number of carboxylic acid groups (broad SMARTS) is 1. The molecule has 0 saturated carbocycles. The number of esters is 1. The topological polar surface area (TPSA) is 63.6 Å². The fraction of sp³-hybridized carbons (Fsp3) is 0.737. The number of carbonyl (C=O) groups excluding carboxylic acids is 1. The molecule has 242 valence electrons. The van der Waals surface area contributed by atoms with E-state index in [1.807, 2.05) is 0 Å². The Bertz CT molecular complexity index is 719. The second kappa shape index (κ2) is 33.4. The van der Waals surface area contributed by atoms with E-state index in [1.54, 1.807) is 0 Å². The van der Waals surface area contributed by atoms with Crippen LogP contribution in [0.5, 0.6) is 0 Å². The van der Waals surface area contributed by atoms with Gasteiger partial charge in [-0.15, -0.1) is 0 Å². The maximum absolute atomic E-state index is 12.6. The van der Waals surface area contributed by atoms with E-state index >= 15 is 0 Å². The highest BCUT2D eigenvalue weighted by atomic mass is 16.5. The van der Waals surface area contributed by atoms with Crippen LogP contribution in [0.25, 0.3) is 0 Å². The van der Waals surface area contributed by atoms with Crippen LogP contribution in [0.2, 0.25) is 0 Å². The summed E-state index contributed by atoms with van der Waals surface area (Å²) in [5, 5.41) is 8.75. The lowest BCUT2D eigenvalue weighted by Crippen LogP contribution is -2.16. The first-order chi connectivity index (χ1) is 20.6. The molecule has 0 aliphatic carbocycles. The van der Waals surface area contributed by atoms with Crippen molar-refractivity contribution in [3.63, 3.8) is 0 Å². The molecule has 42 heavy (non-hydrogen) atoms. The van der Waals surface area contributed by atoms with Crippen molar-refractivity contribution in [3.05, 3.63) is 48.6 Å². The monoisotopic (exact) mass is 586 g/mol. The van der Waals surface area contributed by atoms with Crippen LogP contribution in [0.15, 0.2) is 48.6 Å². The summed E-state index contributed by atoms with van der Waals surface area (Å²) in [6, 6.07) is 0. The quantitative estimate of drug-likeness (QED) is 0.0498. The fourth-order valence-electron chi connectivity index (χ4n) is 4.85. The van der Waals surface area contributed by atoms with Crippen molar-refractivity contribution in [1.29, 1.82) is 0 Å². The van der Waals surface area contributed by atoms with Crippen LogP contribution in [-0.4, -0.2) is 23.1 Å². The number of rotatable bonds is 31.